The highest BCUT2D eigenvalue weighted by atomic mass is 79.9. The van der Waals surface area contributed by atoms with E-state index in [0.29, 0.717) is 20.6 Å². The molecule has 0 fully saturated rings. The lowest BCUT2D eigenvalue weighted by Gasteiger charge is -2.25. The van der Waals surface area contributed by atoms with Gasteiger partial charge in [-0.25, -0.2) is 9.79 Å². The van der Waals surface area contributed by atoms with E-state index in [0.717, 1.165) is 26.3 Å². The van der Waals surface area contributed by atoms with Crippen molar-refractivity contribution in [3.05, 3.63) is 114 Å². The summed E-state index contributed by atoms with van der Waals surface area (Å²) in [7, 11) is 0. The maximum absolute atomic E-state index is 13.9. The van der Waals surface area contributed by atoms with E-state index in [4.69, 9.17) is 9.73 Å². The predicted molar refractivity (Wildman–Crippen MR) is 157 cm³/mol. The molecule has 38 heavy (non-hydrogen) atoms. The second kappa shape index (κ2) is 10.9. The van der Waals surface area contributed by atoms with Gasteiger partial charge in [0, 0.05) is 26.9 Å². The van der Waals surface area contributed by atoms with Crippen LogP contribution in [0.2, 0.25) is 0 Å². The van der Waals surface area contributed by atoms with Crippen LogP contribution >= 0.6 is 39.0 Å². The van der Waals surface area contributed by atoms with Crippen molar-refractivity contribution < 1.29 is 9.53 Å². The Morgan fingerprint density at radius 3 is 2.50 bits per heavy atom. The van der Waals surface area contributed by atoms with Gasteiger partial charge in [-0.3, -0.25) is 9.36 Å². The third kappa shape index (κ3) is 5.10. The van der Waals surface area contributed by atoms with Crippen LogP contribution < -0.4 is 14.9 Å². The van der Waals surface area contributed by atoms with Crippen LogP contribution in [-0.4, -0.2) is 27.5 Å². The Labute approximate surface area is 237 Å². The maximum atomic E-state index is 13.9. The summed E-state index contributed by atoms with van der Waals surface area (Å²) >= 11 is 6.44. The van der Waals surface area contributed by atoms with Gasteiger partial charge in [-0.1, -0.05) is 39.4 Å². The van der Waals surface area contributed by atoms with E-state index in [1.165, 1.54) is 11.3 Å². The quantitative estimate of drug-likeness (QED) is 0.216. The molecule has 0 bridgehead atoms. The highest BCUT2D eigenvalue weighted by Crippen LogP contribution is 2.32. The van der Waals surface area contributed by atoms with Crippen molar-refractivity contribution in [1.29, 1.82) is 0 Å². The van der Waals surface area contributed by atoms with Crippen LogP contribution in [0.15, 0.2) is 97.3 Å². The zero-order chi connectivity index (χ0) is 27.0. The summed E-state index contributed by atoms with van der Waals surface area (Å²) in [5.74, 6) is -0.460. The minimum atomic E-state index is -0.631. The molecule has 2 aromatic carbocycles. The number of hydrogen-bond acceptors (Lipinski definition) is 6. The molecular formula is C29H26BrN3O3S2. The number of thioether (sulfide) groups is 1. The number of allylic oxidation sites excluding steroid dienone is 1. The third-order valence-corrected chi connectivity index (χ3v) is 8.44. The van der Waals surface area contributed by atoms with Gasteiger partial charge >= 0.3 is 5.97 Å². The Kier molecular flexibility index (Phi) is 7.61. The first kappa shape index (κ1) is 26.5. The molecule has 9 heteroatoms. The summed E-state index contributed by atoms with van der Waals surface area (Å²) in [5, 5.41) is 0. The molecule has 0 radical (unpaired) electrons. The Morgan fingerprint density at radius 2 is 1.84 bits per heavy atom. The number of carbonyl (C=O) groups is 1. The molecule has 0 saturated carbocycles. The van der Waals surface area contributed by atoms with Crippen molar-refractivity contribution in [3.63, 3.8) is 0 Å². The number of fused-ring (bicyclic) bond motifs is 1. The monoisotopic (exact) mass is 607 g/mol. The molecule has 5 rings (SSSR count). The Morgan fingerprint density at radius 1 is 1.13 bits per heavy atom. The first-order valence-corrected chi connectivity index (χ1v) is 14.9. The van der Waals surface area contributed by atoms with E-state index in [9.17, 15) is 9.59 Å². The predicted octanol–water partition coefficient (Wildman–Crippen LogP) is 5.46. The second-order valence-corrected chi connectivity index (χ2v) is 11.9. The number of ether oxygens (including phenoxy) is 1. The van der Waals surface area contributed by atoms with Gasteiger partial charge in [0.15, 0.2) is 4.80 Å². The number of nitrogens with zero attached hydrogens (tertiary/aromatic N) is 3. The van der Waals surface area contributed by atoms with Crippen molar-refractivity contribution in [2.45, 2.75) is 37.8 Å². The number of thiazole rings is 1. The van der Waals surface area contributed by atoms with Crippen molar-refractivity contribution in [2.75, 3.05) is 6.26 Å². The smallest absolute Gasteiger partial charge is 0.338 e. The topological polar surface area (TPSA) is 65.6 Å². The highest BCUT2D eigenvalue weighted by Gasteiger charge is 2.33. The fourth-order valence-corrected chi connectivity index (χ4v) is 6.15. The molecule has 194 valence electrons. The number of hydrogen-bond donors (Lipinski definition) is 0. The van der Waals surface area contributed by atoms with Gasteiger partial charge in [-0.2, -0.15) is 0 Å². The summed E-state index contributed by atoms with van der Waals surface area (Å²) < 4.78 is 10.8. The lowest BCUT2D eigenvalue weighted by atomic mass is 9.96. The molecule has 1 aliphatic heterocycles. The molecule has 0 saturated heterocycles. The van der Waals surface area contributed by atoms with Gasteiger partial charge in [-0.15, -0.1) is 11.8 Å². The lowest BCUT2D eigenvalue weighted by molar-refractivity contribution is -0.143. The standard InChI is InChI=1S/C29H26BrN3O3S2/c1-17(2)36-28(35)25-18(3)31-29-33(26(25)19-7-13-23(37-4)14-8-19)27(34)24(38-29)16-22-6-5-15-32(22)21-11-9-20(30)10-12-21/h5-17,26H,1-4H3/b24-16+/t26-/m0/s1. The molecule has 0 aliphatic carbocycles. The summed E-state index contributed by atoms with van der Waals surface area (Å²) in [6, 6.07) is 19.2. The van der Waals surface area contributed by atoms with Gasteiger partial charge < -0.3 is 9.30 Å². The number of esters is 1. The summed E-state index contributed by atoms with van der Waals surface area (Å²) in [6.07, 6.45) is 5.56. The van der Waals surface area contributed by atoms with Crippen molar-refractivity contribution in [2.24, 2.45) is 4.99 Å². The summed E-state index contributed by atoms with van der Waals surface area (Å²) in [4.78, 5) is 33.5. The van der Waals surface area contributed by atoms with Crippen LogP contribution in [0.3, 0.4) is 0 Å². The van der Waals surface area contributed by atoms with Crippen molar-refractivity contribution in [3.8, 4) is 5.69 Å². The number of benzene rings is 2. The first-order chi connectivity index (χ1) is 18.3. The van der Waals surface area contributed by atoms with E-state index in [1.807, 2.05) is 97.6 Å². The zero-order valence-corrected chi connectivity index (χ0v) is 24.6. The van der Waals surface area contributed by atoms with Crippen LogP contribution in [0.1, 0.15) is 38.1 Å². The molecular weight excluding hydrogens is 582 g/mol. The maximum Gasteiger partial charge on any atom is 0.338 e. The molecule has 4 aromatic rings. The van der Waals surface area contributed by atoms with Gasteiger partial charge in [0.05, 0.1) is 27.9 Å². The largest absolute Gasteiger partial charge is 0.459 e. The third-order valence-electron chi connectivity index (χ3n) is 6.18. The molecule has 0 unspecified atom stereocenters. The summed E-state index contributed by atoms with van der Waals surface area (Å²) in [5.41, 5.74) is 3.43. The molecule has 6 nitrogen and oxygen atoms in total. The first-order valence-electron chi connectivity index (χ1n) is 12.1. The fraction of sp³-hybridized carbons (Fsp3) is 0.207. The molecule has 1 atom stereocenters. The Balaban J connectivity index is 1.68. The molecule has 1 aliphatic rings. The van der Waals surface area contributed by atoms with Crippen molar-refractivity contribution in [1.82, 2.24) is 9.13 Å². The second-order valence-electron chi connectivity index (χ2n) is 9.09. The van der Waals surface area contributed by atoms with E-state index in [1.54, 1.807) is 23.3 Å². The average Bonchev–Trinajstić information content (AvgIpc) is 3.47. The summed E-state index contributed by atoms with van der Waals surface area (Å²) in [6.45, 7) is 5.42. The highest BCUT2D eigenvalue weighted by molar-refractivity contribution is 9.10. The molecule has 0 N–H and O–H groups in total. The number of aromatic nitrogens is 2. The van der Waals surface area contributed by atoms with E-state index >= 15 is 0 Å². The van der Waals surface area contributed by atoms with Crippen LogP contribution in [0.4, 0.5) is 0 Å². The van der Waals surface area contributed by atoms with Gasteiger partial charge in [0.1, 0.15) is 0 Å². The van der Waals surface area contributed by atoms with Crippen LogP contribution in [-0.2, 0) is 9.53 Å². The molecule has 2 aromatic heterocycles. The van der Waals surface area contributed by atoms with E-state index in [-0.39, 0.29) is 11.7 Å². The van der Waals surface area contributed by atoms with Crippen molar-refractivity contribution >= 4 is 51.1 Å². The number of rotatable bonds is 6. The van der Waals surface area contributed by atoms with E-state index < -0.39 is 12.0 Å². The minimum absolute atomic E-state index is 0.196. The number of halogens is 1. The van der Waals surface area contributed by atoms with Crippen LogP contribution in [0.25, 0.3) is 11.8 Å². The molecule has 3 heterocycles. The van der Waals surface area contributed by atoms with Gasteiger partial charge in [-0.05, 0) is 87.2 Å². The normalized spacial score (nSPS) is 15.5. The van der Waals surface area contributed by atoms with Crippen LogP contribution in [0.5, 0.6) is 0 Å². The Hall–Kier alpha value is -3.14. The van der Waals surface area contributed by atoms with E-state index in [2.05, 4.69) is 15.9 Å². The zero-order valence-electron chi connectivity index (χ0n) is 21.3. The molecule has 0 spiro atoms. The molecule has 0 amide bonds. The van der Waals surface area contributed by atoms with Crippen LogP contribution in [0, 0.1) is 0 Å². The average molecular weight is 609 g/mol. The Bertz CT molecular complexity index is 1710. The lowest BCUT2D eigenvalue weighted by Crippen LogP contribution is -2.40. The fourth-order valence-electron chi connectivity index (χ4n) is 4.44. The van der Waals surface area contributed by atoms with Gasteiger partial charge in [0.25, 0.3) is 5.56 Å². The minimum Gasteiger partial charge on any atom is -0.459 e. The number of carbonyl (C=O) groups excluding carboxylic acids is 1. The van der Waals surface area contributed by atoms with Gasteiger partial charge in [0.2, 0.25) is 0 Å². The SMILES string of the molecule is CSc1ccc([C@H]2C(C(=O)OC(C)C)=C(C)N=c3s/c(=C/c4cccn4-c4ccc(Br)cc4)c(=O)n32)cc1.